The van der Waals surface area contributed by atoms with Crippen molar-refractivity contribution in [3.8, 4) is 11.5 Å². The Kier molecular flexibility index (Phi) is 7.85. The number of carbonyl (C=O) groups is 1. The lowest BCUT2D eigenvalue weighted by atomic mass is 9.84. The molecule has 1 N–H and O–H groups in total. The van der Waals surface area contributed by atoms with Crippen LogP contribution in [0.15, 0.2) is 60.0 Å². The topological polar surface area (TPSA) is 53.0 Å². The Bertz CT molecular complexity index is 1100. The maximum Gasteiger partial charge on any atom is 0.263 e. The van der Waals surface area contributed by atoms with Gasteiger partial charge in [0.1, 0.15) is 17.3 Å². The van der Waals surface area contributed by atoms with Crippen LogP contribution < -0.4 is 4.74 Å². The van der Waals surface area contributed by atoms with E-state index in [4.69, 9.17) is 4.74 Å². The number of halogens is 1. The summed E-state index contributed by atoms with van der Waals surface area (Å²) >= 11 is 1.43. The summed E-state index contributed by atoms with van der Waals surface area (Å²) in [6, 6.07) is 15.8. The van der Waals surface area contributed by atoms with Gasteiger partial charge in [-0.05, 0) is 73.5 Å². The summed E-state index contributed by atoms with van der Waals surface area (Å²) in [5.74, 6) is 0.920. The first-order chi connectivity index (χ1) is 16.5. The van der Waals surface area contributed by atoms with Gasteiger partial charge >= 0.3 is 0 Å². The number of amides is 1. The summed E-state index contributed by atoms with van der Waals surface area (Å²) in [5.41, 5.74) is 1.43. The first kappa shape index (κ1) is 24.2. The van der Waals surface area contributed by atoms with Crippen molar-refractivity contribution in [3.63, 3.8) is 0 Å². The van der Waals surface area contributed by atoms with E-state index >= 15 is 0 Å². The van der Waals surface area contributed by atoms with Crippen molar-refractivity contribution in [2.24, 2.45) is 5.92 Å². The lowest BCUT2D eigenvalue weighted by molar-refractivity contribution is 0.0586. The van der Waals surface area contributed by atoms with Crippen molar-refractivity contribution < 1.29 is 19.0 Å². The van der Waals surface area contributed by atoms with Crippen LogP contribution in [0.4, 0.5) is 4.39 Å². The van der Waals surface area contributed by atoms with Gasteiger partial charge in [-0.2, -0.15) is 0 Å². The molecule has 0 radical (unpaired) electrons. The number of benzene rings is 2. The van der Waals surface area contributed by atoms with Crippen molar-refractivity contribution in [3.05, 3.63) is 81.8 Å². The Labute approximate surface area is 204 Å². The van der Waals surface area contributed by atoms with Crippen molar-refractivity contribution in [1.82, 2.24) is 9.80 Å². The Morgan fingerprint density at radius 3 is 2.62 bits per heavy atom. The van der Waals surface area contributed by atoms with Crippen LogP contribution in [0, 0.1) is 11.7 Å². The lowest BCUT2D eigenvalue weighted by Gasteiger charge is -2.40. The van der Waals surface area contributed by atoms with Crippen LogP contribution in [0.2, 0.25) is 0 Å². The molecule has 1 unspecified atom stereocenters. The molecule has 0 aliphatic carbocycles. The number of likely N-dealkylation sites (tertiary alicyclic amines) is 1. The van der Waals surface area contributed by atoms with E-state index in [1.54, 1.807) is 25.3 Å². The number of methoxy groups -OCH3 is 1. The molecule has 1 fully saturated rings. The third-order valence-corrected chi connectivity index (χ3v) is 7.68. The molecular formula is C27H31FN2O3S. The SMILES string of the molecule is COc1cccc(O)c1CN1CCC(C(Cc2ccccc2F)N(C)C(=O)c2cccs2)CC1. The molecule has 1 amide bonds. The zero-order chi connectivity index (χ0) is 24.1. The van der Waals surface area contributed by atoms with Crippen LogP contribution in [-0.4, -0.2) is 54.1 Å². The van der Waals surface area contributed by atoms with Crippen LogP contribution >= 0.6 is 11.3 Å². The molecular weight excluding hydrogens is 451 g/mol. The van der Waals surface area contributed by atoms with Gasteiger partial charge in [-0.25, -0.2) is 4.39 Å². The maximum absolute atomic E-state index is 14.5. The second kappa shape index (κ2) is 11.0. The largest absolute Gasteiger partial charge is 0.507 e. The molecule has 2 aromatic carbocycles. The molecule has 4 rings (SSSR count). The van der Waals surface area contributed by atoms with Crippen LogP contribution in [0.1, 0.15) is 33.6 Å². The van der Waals surface area contributed by atoms with E-state index in [0.717, 1.165) is 31.5 Å². The minimum atomic E-state index is -0.228. The van der Waals surface area contributed by atoms with Gasteiger partial charge in [0.25, 0.3) is 5.91 Å². The van der Waals surface area contributed by atoms with Crippen LogP contribution in [0.5, 0.6) is 11.5 Å². The Balaban J connectivity index is 1.49. The highest BCUT2D eigenvalue weighted by Gasteiger charge is 2.33. The van der Waals surface area contributed by atoms with Crippen LogP contribution in [0.25, 0.3) is 0 Å². The molecule has 0 bridgehead atoms. The highest BCUT2D eigenvalue weighted by Crippen LogP contribution is 2.32. The Hall–Kier alpha value is -2.90. The van der Waals surface area contributed by atoms with Crippen molar-refractivity contribution in [2.75, 3.05) is 27.2 Å². The van der Waals surface area contributed by atoms with E-state index < -0.39 is 0 Å². The van der Waals surface area contributed by atoms with Crippen molar-refractivity contribution in [1.29, 1.82) is 0 Å². The summed E-state index contributed by atoms with van der Waals surface area (Å²) < 4.78 is 20.0. The second-order valence-electron chi connectivity index (χ2n) is 8.83. The summed E-state index contributed by atoms with van der Waals surface area (Å²) in [5, 5.41) is 12.2. The second-order valence-corrected chi connectivity index (χ2v) is 9.78. The average Bonchev–Trinajstić information content (AvgIpc) is 3.39. The fourth-order valence-electron chi connectivity index (χ4n) is 4.86. The molecule has 1 aliphatic rings. The van der Waals surface area contributed by atoms with Gasteiger partial charge in [-0.15, -0.1) is 11.3 Å². The smallest absolute Gasteiger partial charge is 0.263 e. The summed E-state index contributed by atoms with van der Waals surface area (Å²) in [6.07, 6.45) is 2.26. The first-order valence-corrected chi connectivity index (χ1v) is 12.5. The highest BCUT2D eigenvalue weighted by molar-refractivity contribution is 7.12. The lowest BCUT2D eigenvalue weighted by Crippen LogP contribution is -2.47. The number of aromatic hydroxyl groups is 1. The summed E-state index contributed by atoms with van der Waals surface area (Å²) in [6.45, 7) is 2.26. The zero-order valence-electron chi connectivity index (χ0n) is 19.6. The number of phenols is 1. The number of thiophene rings is 1. The molecule has 1 atom stereocenters. The molecule has 3 aromatic rings. The quantitative estimate of drug-likeness (QED) is 0.480. The maximum atomic E-state index is 14.5. The van der Waals surface area contributed by atoms with E-state index in [2.05, 4.69) is 4.90 Å². The number of ether oxygens (including phenoxy) is 1. The minimum Gasteiger partial charge on any atom is -0.507 e. The minimum absolute atomic E-state index is 0.0160. The van der Waals surface area contributed by atoms with Gasteiger partial charge in [-0.1, -0.05) is 30.3 Å². The molecule has 5 nitrogen and oxygen atoms in total. The van der Waals surface area contributed by atoms with Gasteiger partial charge < -0.3 is 14.7 Å². The third-order valence-electron chi connectivity index (χ3n) is 6.82. The fraction of sp³-hybridized carbons (Fsp3) is 0.370. The Morgan fingerprint density at radius 1 is 1.18 bits per heavy atom. The van der Waals surface area contributed by atoms with E-state index in [9.17, 15) is 14.3 Å². The summed E-state index contributed by atoms with van der Waals surface area (Å²) in [7, 11) is 3.45. The number of hydrogen-bond donors (Lipinski definition) is 1. The van der Waals surface area contributed by atoms with Gasteiger partial charge in [0.05, 0.1) is 12.0 Å². The van der Waals surface area contributed by atoms with Crippen LogP contribution in [0.3, 0.4) is 0 Å². The molecule has 1 aliphatic heterocycles. The first-order valence-electron chi connectivity index (χ1n) is 11.6. The fourth-order valence-corrected chi connectivity index (χ4v) is 5.56. The molecule has 0 spiro atoms. The predicted octanol–water partition coefficient (Wildman–Crippen LogP) is 5.20. The number of piperidine rings is 1. The molecule has 1 saturated heterocycles. The molecule has 180 valence electrons. The van der Waals surface area contributed by atoms with Crippen molar-refractivity contribution >= 4 is 17.2 Å². The standard InChI is InChI=1S/C27H31FN2O3S/c1-29(27(32)26-11-6-16-34-26)23(17-20-7-3-4-8-22(20)28)19-12-14-30(15-13-19)18-21-24(31)9-5-10-25(21)33-2/h3-11,16,19,23,31H,12-15,17-18H2,1-2H3. The highest BCUT2D eigenvalue weighted by atomic mass is 32.1. The number of rotatable bonds is 8. The molecule has 0 saturated carbocycles. The number of likely N-dealkylation sites (N-methyl/N-ethyl adjacent to an activating group) is 1. The molecule has 2 heterocycles. The third kappa shape index (κ3) is 5.42. The average molecular weight is 483 g/mol. The van der Waals surface area contributed by atoms with E-state index in [-0.39, 0.29) is 29.4 Å². The van der Waals surface area contributed by atoms with Crippen LogP contribution in [-0.2, 0) is 13.0 Å². The number of nitrogens with zero attached hydrogens (tertiary/aromatic N) is 2. The molecule has 1 aromatic heterocycles. The van der Waals surface area contributed by atoms with E-state index in [1.807, 2.05) is 47.7 Å². The monoisotopic (exact) mass is 482 g/mol. The van der Waals surface area contributed by atoms with Gasteiger partial charge in [-0.3, -0.25) is 9.69 Å². The Morgan fingerprint density at radius 2 is 1.94 bits per heavy atom. The number of phenolic OH excluding ortho intramolecular Hbond substituents is 1. The number of carbonyl (C=O) groups excluding carboxylic acids is 1. The summed E-state index contributed by atoms with van der Waals surface area (Å²) in [4.78, 5) is 18.0. The van der Waals surface area contributed by atoms with E-state index in [0.29, 0.717) is 29.2 Å². The van der Waals surface area contributed by atoms with E-state index in [1.165, 1.54) is 17.4 Å². The van der Waals surface area contributed by atoms with Gasteiger partial charge in [0, 0.05) is 25.2 Å². The zero-order valence-corrected chi connectivity index (χ0v) is 20.4. The van der Waals surface area contributed by atoms with Gasteiger partial charge in [0.2, 0.25) is 0 Å². The molecule has 34 heavy (non-hydrogen) atoms. The van der Waals surface area contributed by atoms with Gasteiger partial charge in [0.15, 0.2) is 0 Å². The normalized spacial score (nSPS) is 15.7. The van der Waals surface area contributed by atoms with Crippen molar-refractivity contribution in [2.45, 2.75) is 31.8 Å². The predicted molar refractivity (Wildman–Crippen MR) is 133 cm³/mol. The number of hydrogen-bond acceptors (Lipinski definition) is 5. The molecule has 7 heteroatoms.